The highest BCUT2D eigenvalue weighted by molar-refractivity contribution is 5.96. The Labute approximate surface area is 182 Å². The van der Waals surface area contributed by atoms with E-state index in [4.69, 9.17) is 4.74 Å². The molecule has 2 heterocycles. The van der Waals surface area contributed by atoms with Crippen molar-refractivity contribution < 1.29 is 19.1 Å². The molecule has 2 aromatic carbocycles. The molecule has 162 valence electrons. The van der Waals surface area contributed by atoms with Crippen LogP contribution in [0.25, 0.3) is 11.1 Å². The lowest BCUT2D eigenvalue weighted by atomic mass is 10.0. The number of carbonyl (C=O) groups is 3. The van der Waals surface area contributed by atoms with Crippen molar-refractivity contribution in [3.8, 4) is 11.1 Å². The van der Waals surface area contributed by atoms with E-state index in [-0.39, 0.29) is 23.8 Å². The quantitative estimate of drug-likeness (QED) is 0.821. The van der Waals surface area contributed by atoms with Crippen LogP contribution < -0.4 is 5.32 Å². The van der Waals surface area contributed by atoms with Gasteiger partial charge in [0.2, 0.25) is 0 Å². The molecule has 0 saturated carbocycles. The van der Waals surface area contributed by atoms with Gasteiger partial charge in [-0.2, -0.15) is 0 Å². The summed E-state index contributed by atoms with van der Waals surface area (Å²) in [6, 6.07) is 14.8. The van der Waals surface area contributed by atoms with Crippen molar-refractivity contribution in [1.29, 1.82) is 0 Å². The average molecular weight is 421 g/mol. The zero-order valence-electron chi connectivity index (χ0n) is 17.7. The number of hydrogen-bond acceptors (Lipinski definition) is 4. The van der Waals surface area contributed by atoms with Crippen molar-refractivity contribution in [3.05, 3.63) is 59.7 Å². The first-order valence-electron chi connectivity index (χ1n) is 10.7. The SMILES string of the molecule is CNC(=O)c1cccc(-c2ccc(C(=O)N3CCN(C(=O)[C@@H]4CCCO4)CC3)cc2)c1. The van der Waals surface area contributed by atoms with E-state index in [9.17, 15) is 14.4 Å². The van der Waals surface area contributed by atoms with Gasteiger partial charge >= 0.3 is 0 Å². The van der Waals surface area contributed by atoms with Crippen molar-refractivity contribution in [2.75, 3.05) is 39.8 Å². The molecule has 0 bridgehead atoms. The zero-order valence-corrected chi connectivity index (χ0v) is 17.7. The minimum Gasteiger partial charge on any atom is -0.368 e. The maximum atomic E-state index is 12.9. The fourth-order valence-electron chi connectivity index (χ4n) is 4.08. The van der Waals surface area contributed by atoms with E-state index in [0.29, 0.717) is 43.9 Å². The Balaban J connectivity index is 1.38. The highest BCUT2D eigenvalue weighted by Crippen LogP contribution is 2.22. The van der Waals surface area contributed by atoms with Gasteiger partial charge < -0.3 is 19.9 Å². The van der Waals surface area contributed by atoms with Crippen LogP contribution in [0, 0.1) is 0 Å². The molecule has 0 spiro atoms. The second-order valence-electron chi connectivity index (χ2n) is 7.86. The van der Waals surface area contributed by atoms with Gasteiger partial charge in [0.15, 0.2) is 0 Å². The van der Waals surface area contributed by atoms with Gasteiger partial charge in [0.25, 0.3) is 17.7 Å². The van der Waals surface area contributed by atoms with Crippen LogP contribution in [0.2, 0.25) is 0 Å². The lowest BCUT2D eigenvalue weighted by Crippen LogP contribution is -2.52. The Hall–Kier alpha value is -3.19. The Kier molecular flexibility index (Phi) is 6.32. The fraction of sp³-hybridized carbons (Fsp3) is 0.375. The summed E-state index contributed by atoms with van der Waals surface area (Å²) in [6.07, 6.45) is 1.41. The van der Waals surface area contributed by atoms with E-state index in [1.165, 1.54) is 0 Å². The number of hydrogen-bond donors (Lipinski definition) is 1. The molecular weight excluding hydrogens is 394 g/mol. The van der Waals surface area contributed by atoms with Crippen LogP contribution in [0.1, 0.15) is 33.6 Å². The summed E-state index contributed by atoms with van der Waals surface area (Å²) in [4.78, 5) is 40.8. The molecule has 2 aliphatic heterocycles. The molecule has 2 aliphatic rings. The summed E-state index contributed by atoms with van der Waals surface area (Å²) >= 11 is 0. The van der Waals surface area contributed by atoms with Crippen LogP contribution >= 0.6 is 0 Å². The average Bonchev–Trinajstić information content (AvgIpc) is 3.38. The number of carbonyl (C=O) groups excluding carboxylic acids is 3. The molecule has 31 heavy (non-hydrogen) atoms. The monoisotopic (exact) mass is 421 g/mol. The molecule has 0 unspecified atom stereocenters. The molecule has 1 N–H and O–H groups in total. The molecule has 4 rings (SSSR count). The van der Waals surface area contributed by atoms with E-state index >= 15 is 0 Å². The molecule has 2 fully saturated rings. The molecule has 1 atom stereocenters. The fourth-order valence-corrected chi connectivity index (χ4v) is 4.08. The van der Waals surface area contributed by atoms with Crippen LogP contribution in [0.4, 0.5) is 0 Å². The highest BCUT2D eigenvalue weighted by Gasteiger charge is 2.31. The Bertz CT molecular complexity index is 959. The standard InChI is InChI=1S/C24H27N3O4/c1-25-22(28)20-5-2-4-19(16-20)17-7-9-18(10-8-17)23(29)26-11-13-27(14-12-26)24(30)21-6-3-15-31-21/h2,4-5,7-10,16,21H,3,6,11-15H2,1H3,(H,25,28)/t21-/m0/s1. The number of nitrogens with one attached hydrogen (secondary N) is 1. The van der Waals surface area contributed by atoms with Crippen LogP contribution in [0.5, 0.6) is 0 Å². The van der Waals surface area contributed by atoms with Gasteiger partial charge in [0.05, 0.1) is 0 Å². The van der Waals surface area contributed by atoms with Gasteiger partial charge in [-0.3, -0.25) is 14.4 Å². The largest absolute Gasteiger partial charge is 0.368 e. The molecule has 0 radical (unpaired) electrons. The Morgan fingerprint density at radius 2 is 1.61 bits per heavy atom. The smallest absolute Gasteiger partial charge is 0.253 e. The van der Waals surface area contributed by atoms with E-state index in [2.05, 4.69) is 5.32 Å². The van der Waals surface area contributed by atoms with Gasteiger partial charge in [0.1, 0.15) is 6.10 Å². The topological polar surface area (TPSA) is 79.0 Å². The van der Waals surface area contributed by atoms with Crippen LogP contribution in [0.3, 0.4) is 0 Å². The van der Waals surface area contributed by atoms with E-state index in [0.717, 1.165) is 24.0 Å². The van der Waals surface area contributed by atoms with E-state index < -0.39 is 0 Å². The number of piperazine rings is 1. The summed E-state index contributed by atoms with van der Waals surface area (Å²) in [5.41, 5.74) is 3.07. The number of rotatable bonds is 4. The lowest BCUT2D eigenvalue weighted by molar-refractivity contribution is -0.142. The summed E-state index contributed by atoms with van der Waals surface area (Å²) in [5.74, 6) is -0.117. The third kappa shape index (κ3) is 4.61. The number of amides is 3. The maximum Gasteiger partial charge on any atom is 0.253 e. The predicted molar refractivity (Wildman–Crippen MR) is 117 cm³/mol. The Morgan fingerprint density at radius 1 is 0.903 bits per heavy atom. The third-order valence-corrected chi connectivity index (χ3v) is 5.90. The van der Waals surface area contributed by atoms with Crippen LogP contribution in [0.15, 0.2) is 48.5 Å². The molecule has 7 nitrogen and oxygen atoms in total. The first-order chi connectivity index (χ1) is 15.1. The second kappa shape index (κ2) is 9.31. The van der Waals surface area contributed by atoms with Gasteiger partial charge in [-0.05, 0) is 48.2 Å². The molecule has 7 heteroatoms. The molecule has 2 saturated heterocycles. The maximum absolute atomic E-state index is 12.9. The molecular formula is C24H27N3O4. The first-order valence-corrected chi connectivity index (χ1v) is 10.7. The van der Waals surface area contributed by atoms with E-state index in [1.54, 1.807) is 18.0 Å². The third-order valence-electron chi connectivity index (χ3n) is 5.90. The van der Waals surface area contributed by atoms with Crippen molar-refractivity contribution in [3.63, 3.8) is 0 Å². The van der Waals surface area contributed by atoms with Crippen molar-refractivity contribution in [2.45, 2.75) is 18.9 Å². The molecule has 0 aliphatic carbocycles. The summed E-state index contributed by atoms with van der Waals surface area (Å²) in [7, 11) is 1.60. The number of benzene rings is 2. The Morgan fingerprint density at radius 3 is 2.26 bits per heavy atom. The zero-order chi connectivity index (χ0) is 21.8. The summed E-state index contributed by atoms with van der Waals surface area (Å²) in [5, 5.41) is 2.63. The van der Waals surface area contributed by atoms with Crippen molar-refractivity contribution >= 4 is 17.7 Å². The van der Waals surface area contributed by atoms with Gasteiger partial charge in [-0.15, -0.1) is 0 Å². The van der Waals surface area contributed by atoms with Crippen molar-refractivity contribution in [1.82, 2.24) is 15.1 Å². The summed E-state index contributed by atoms with van der Waals surface area (Å²) < 4.78 is 5.49. The molecule has 3 amide bonds. The van der Waals surface area contributed by atoms with Crippen LogP contribution in [-0.2, 0) is 9.53 Å². The minimum absolute atomic E-state index is 0.0325. The van der Waals surface area contributed by atoms with Crippen molar-refractivity contribution in [2.24, 2.45) is 0 Å². The predicted octanol–water partition coefficient (Wildman–Crippen LogP) is 2.18. The summed E-state index contributed by atoms with van der Waals surface area (Å²) in [6.45, 7) is 2.77. The van der Waals surface area contributed by atoms with Crippen LogP contribution in [-0.4, -0.2) is 73.5 Å². The first kappa shape index (κ1) is 21.1. The highest BCUT2D eigenvalue weighted by atomic mass is 16.5. The van der Waals surface area contributed by atoms with Gasteiger partial charge in [-0.25, -0.2) is 0 Å². The number of ether oxygens (including phenoxy) is 1. The lowest BCUT2D eigenvalue weighted by Gasteiger charge is -2.35. The minimum atomic E-state index is -0.309. The molecule has 0 aromatic heterocycles. The van der Waals surface area contributed by atoms with E-state index in [1.807, 2.05) is 47.4 Å². The number of nitrogens with zero attached hydrogens (tertiary/aromatic N) is 2. The normalized spacial score (nSPS) is 18.7. The van der Waals surface area contributed by atoms with Gasteiger partial charge in [-0.1, -0.05) is 24.3 Å². The molecule has 2 aromatic rings. The second-order valence-corrected chi connectivity index (χ2v) is 7.86. The van der Waals surface area contributed by atoms with Gasteiger partial charge in [0, 0.05) is 51.0 Å².